The number of benzene rings is 3. The molecule has 1 heterocycles. The predicted molar refractivity (Wildman–Crippen MR) is 138 cm³/mol. The number of hydrogen-bond acceptors (Lipinski definition) is 3. The Balaban J connectivity index is 1.42. The van der Waals surface area contributed by atoms with Gasteiger partial charge in [-0.2, -0.15) is 0 Å². The maximum atomic E-state index is 13.7. The summed E-state index contributed by atoms with van der Waals surface area (Å²) in [4.78, 5) is 38.8. The van der Waals surface area contributed by atoms with Gasteiger partial charge in [0.15, 0.2) is 0 Å². The van der Waals surface area contributed by atoms with E-state index in [1.807, 2.05) is 60.7 Å². The van der Waals surface area contributed by atoms with Gasteiger partial charge in [-0.15, -0.1) is 23.2 Å². The maximum Gasteiger partial charge on any atom is 0.244 e. The van der Waals surface area contributed by atoms with Crippen LogP contribution in [0.15, 0.2) is 72.8 Å². The lowest BCUT2D eigenvalue weighted by Crippen LogP contribution is -2.57. The molecule has 4 aliphatic rings. The summed E-state index contributed by atoms with van der Waals surface area (Å²) in [6.45, 7) is -0.400. The van der Waals surface area contributed by atoms with Gasteiger partial charge in [-0.25, -0.2) is 0 Å². The summed E-state index contributed by atoms with van der Waals surface area (Å²) in [7, 11) is 0. The predicted octanol–water partition coefficient (Wildman–Crippen LogP) is 4.82. The van der Waals surface area contributed by atoms with E-state index >= 15 is 0 Å². The van der Waals surface area contributed by atoms with Gasteiger partial charge in [0.1, 0.15) is 16.3 Å². The van der Waals surface area contributed by atoms with Crippen molar-refractivity contribution in [3.05, 3.63) is 98.6 Å². The Morgan fingerprint density at radius 2 is 1.21 bits per heavy atom. The summed E-state index contributed by atoms with van der Waals surface area (Å²) < 4.78 is 1.03. The third-order valence-corrected chi connectivity index (χ3v) is 9.11. The van der Waals surface area contributed by atoms with E-state index in [0.29, 0.717) is 5.69 Å². The molecule has 1 fully saturated rings. The van der Waals surface area contributed by atoms with Crippen LogP contribution in [0.25, 0.3) is 0 Å². The zero-order valence-corrected chi connectivity index (χ0v) is 21.3. The van der Waals surface area contributed by atoms with Crippen LogP contribution in [0, 0.1) is 15.4 Å². The molecule has 34 heavy (non-hydrogen) atoms. The molecule has 0 spiro atoms. The number of nitrogens with one attached hydrogen (secondary N) is 1. The fourth-order valence-corrected chi connectivity index (χ4v) is 7.22. The number of amides is 3. The van der Waals surface area contributed by atoms with E-state index in [4.69, 9.17) is 23.2 Å². The van der Waals surface area contributed by atoms with Gasteiger partial charge >= 0.3 is 0 Å². The van der Waals surface area contributed by atoms with Gasteiger partial charge in [-0.1, -0.05) is 48.5 Å². The van der Waals surface area contributed by atoms with Crippen LogP contribution in [0.2, 0.25) is 0 Å². The van der Waals surface area contributed by atoms with Crippen molar-refractivity contribution in [2.75, 3.05) is 11.9 Å². The number of halogens is 3. The van der Waals surface area contributed by atoms with Crippen molar-refractivity contribution in [2.45, 2.75) is 9.75 Å². The maximum absolute atomic E-state index is 13.7. The minimum absolute atomic E-state index is 0.400. The van der Waals surface area contributed by atoms with E-state index in [-0.39, 0.29) is 0 Å². The number of likely N-dealkylation sites (tertiary alicyclic amines) is 1. The van der Waals surface area contributed by atoms with Crippen LogP contribution in [0.5, 0.6) is 0 Å². The molecule has 8 heteroatoms. The monoisotopic (exact) mass is 602 g/mol. The largest absolute Gasteiger partial charge is 0.325 e. The van der Waals surface area contributed by atoms with Crippen molar-refractivity contribution in [3.63, 3.8) is 0 Å². The Labute approximate surface area is 219 Å². The van der Waals surface area contributed by atoms with Crippen LogP contribution >= 0.6 is 45.8 Å². The van der Waals surface area contributed by atoms with E-state index < -0.39 is 45.9 Å². The van der Waals surface area contributed by atoms with Crippen molar-refractivity contribution >= 4 is 69.2 Å². The molecule has 2 atom stereocenters. The molecular formula is C26H17Cl2IN2O3. The number of nitrogens with zero attached hydrogens (tertiary/aromatic N) is 1. The van der Waals surface area contributed by atoms with Gasteiger partial charge < -0.3 is 5.32 Å². The molecule has 0 saturated carbocycles. The molecule has 0 aromatic heterocycles. The molecule has 7 rings (SSSR count). The van der Waals surface area contributed by atoms with Crippen LogP contribution in [-0.4, -0.2) is 29.2 Å². The number of hydrogen-bond donors (Lipinski definition) is 1. The van der Waals surface area contributed by atoms with Crippen LogP contribution in [0.4, 0.5) is 5.69 Å². The minimum Gasteiger partial charge on any atom is -0.325 e. The molecule has 1 saturated heterocycles. The zero-order chi connectivity index (χ0) is 23.8. The van der Waals surface area contributed by atoms with Gasteiger partial charge in [-0.3, -0.25) is 19.3 Å². The summed E-state index contributed by atoms with van der Waals surface area (Å²) in [5.41, 5.74) is 3.52. The first kappa shape index (κ1) is 22.1. The number of carbonyl (C=O) groups excluding carboxylic acids is 3. The van der Waals surface area contributed by atoms with Gasteiger partial charge in [-0.05, 0) is 69.1 Å². The first-order valence-electron chi connectivity index (χ1n) is 10.8. The summed E-state index contributed by atoms with van der Waals surface area (Å²) >= 11 is 16.9. The van der Waals surface area contributed by atoms with E-state index in [1.54, 1.807) is 12.1 Å². The quantitative estimate of drug-likeness (QED) is 0.266. The lowest BCUT2D eigenvalue weighted by Gasteiger charge is -2.54. The topological polar surface area (TPSA) is 66.5 Å². The molecule has 1 aliphatic heterocycles. The number of imide groups is 1. The molecule has 3 aliphatic carbocycles. The van der Waals surface area contributed by atoms with E-state index in [1.165, 1.54) is 0 Å². The lowest BCUT2D eigenvalue weighted by atomic mass is 9.54. The van der Waals surface area contributed by atoms with Gasteiger partial charge in [0.05, 0.1) is 11.8 Å². The van der Waals surface area contributed by atoms with Crippen molar-refractivity contribution < 1.29 is 14.4 Å². The fourth-order valence-electron chi connectivity index (χ4n) is 5.76. The van der Waals surface area contributed by atoms with E-state index in [9.17, 15) is 14.4 Å². The molecule has 170 valence electrons. The molecule has 3 aromatic carbocycles. The molecule has 3 amide bonds. The van der Waals surface area contributed by atoms with E-state index in [0.717, 1.165) is 30.7 Å². The van der Waals surface area contributed by atoms with Crippen LogP contribution in [-0.2, 0) is 24.1 Å². The van der Waals surface area contributed by atoms with Crippen LogP contribution in [0.1, 0.15) is 22.3 Å². The van der Waals surface area contributed by atoms with Crippen LogP contribution < -0.4 is 5.32 Å². The van der Waals surface area contributed by atoms with E-state index in [2.05, 4.69) is 27.9 Å². The number of alkyl halides is 2. The average molecular weight is 603 g/mol. The first-order valence-corrected chi connectivity index (χ1v) is 12.6. The van der Waals surface area contributed by atoms with Gasteiger partial charge in [0.2, 0.25) is 17.7 Å². The molecule has 3 aromatic rings. The summed E-state index contributed by atoms with van der Waals surface area (Å²) in [5, 5.41) is 2.76. The SMILES string of the molecule is O=C(CN1C(=O)[C@H]2[C@H](C1=O)C1(Cl)c3ccccc3C2(Cl)c2ccccc21)Nc1ccc(I)cc1. The van der Waals surface area contributed by atoms with Crippen molar-refractivity contribution in [1.29, 1.82) is 0 Å². The van der Waals surface area contributed by atoms with Gasteiger partial charge in [0.25, 0.3) is 0 Å². The molecule has 5 nitrogen and oxygen atoms in total. The smallest absolute Gasteiger partial charge is 0.244 e. The Morgan fingerprint density at radius 1 is 0.794 bits per heavy atom. The third kappa shape index (κ3) is 2.76. The number of carbonyl (C=O) groups is 3. The second-order valence-corrected chi connectivity index (χ2v) is 11.2. The highest BCUT2D eigenvalue weighted by molar-refractivity contribution is 14.1. The third-order valence-electron chi connectivity index (χ3n) is 7.11. The Kier molecular flexibility index (Phi) is 4.89. The first-order chi connectivity index (χ1) is 16.3. The normalized spacial score (nSPS) is 28.4. The highest BCUT2D eigenvalue weighted by Gasteiger charge is 2.73. The molecule has 0 radical (unpaired) electrons. The van der Waals surface area contributed by atoms with Gasteiger partial charge in [0, 0.05) is 9.26 Å². The molecular weight excluding hydrogens is 586 g/mol. The second kappa shape index (κ2) is 7.54. The Hall–Kier alpha value is -2.42. The minimum atomic E-state index is -1.25. The second-order valence-electron chi connectivity index (χ2n) is 8.79. The molecule has 0 unspecified atom stereocenters. The Morgan fingerprint density at radius 3 is 1.62 bits per heavy atom. The number of rotatable bonds is 3. The van der Waals surface area contributed by atoms with Crippen LogP contribution in [0.3, 0.4) is 0 Å². The highest BCUT2D eigenvalue weighted by atomic mass is 127. The Bertz CT molecular complexity index is 1270. The zero-order valence-electron chi connectivity index (χ0n) is 17.6. The highest BCUT2D eigenvalue weighted by Crippen LogP contribution is 2.69. The fraction of sp³-hybridized carbons (Fsp3) is 0.192. The summed E-state index contributed by atoms with van der Waals surface area (Å²) in [6, 6.07) is 22.2. The summed E-state index contributed by atoms with van der Waals surface area (Å²) in [6.07, 6.45) is 0. The number of anilines is 1. The van der Waals surface area contributed by atoms with Crippen molar-refractivity contribution in [3.8, 4) is 0 Å². The standard InChI is InChI=1S/C26H17Cl2IN2O3/c27-25-16-5-1-2-6-17(16)26(28,19-8-4-3-7-18(19)25)22-21(25)23(33)31(24(22)34)13-20(32)30-15-11-9-14(29)10-12-15/h1-12,21-22H,13H2,(H,30,32)/t21-,22-,25?,26?/m1/s1. The van der Waals surface area contributed by atoms with Crippen molar-refractivity contribution in [2.24, 2.45) is 11.8 Å². The molecule has 1 N–H and O–H groups in total. The average Bonchev–Trinajstić information content (AvgIpc) is 3.10. The molecule has 2 bridgehead atoms. The lowest BCUT2D eigenvalue weighted by molar-refractivity contribution is -0.142. The summed E-state index contributed by atoms with van der Waals surface area (Å²) in [5.74, 6) is -3.23. The van der Waals surface area contributed by atoms with Crippen molar-refractivity contribution in [1.82, 2.24) is 4.90 Å².